The lowest BCUT2D eigenvalue weighted by Gasteiger charge is -2.44. The number of phenols is 1. The smallest absolute Gasteiger partial charge is 0.415 e. The molecule has 4 heterocycles. The van der Waals surface area contributed by atoms with Crippen LogP contribution in [0.25, 0.3) is 0 Å². The van der Waals surface area contributed by atoms with Gasteiger partial charge in [0.1, 0.15) is 33.8 Å². The van der Waals surface area contributed by atoms with E-state index in [0.29, 0.717) is 56.4 Å². The van der Waals surface area contributed by atoms with E-state index in [1.165, 1.54) is 25.2 Å². The van der Waals surface area contributed by atoms with E-state index in [4.69, 9.17) is 46.9 Å². The number of piperidine rings is 3. The van der Waals surface area contributed by atoms with Gasteiger partial charge in [-0.3, -0.25) is 9.80 Å². The third-order valence-electron chi connectivity index (χ3n) is 9.49. The van der Waals surface area contributed by atoms with Crippen LogP contribution < -0.4 is 24.1 Å². The lowest BCUT2D eigenvalue weighted by atomic mass is 9.86. The molecule has 4 aromatic rings. The first-order valence-corrected chi connectivity index (χ1v) is 17.4. The zero-order chi connectivity index (χ0) is 36.1. The summed E-state index contributed by atoms with van der Waals surface area (Å²) >= 11 is 13.0. The molecule has 2 bridgehead atoms. The quantitative estimate of drug-likeness (QED) is 0.155. The number of carbonyl (C=O) groups excluding carboxylic acids is 2. The lowest BCUT2D eigenvalue weighted by Crippen LogP contribution is -2.53. The third-order valence-corrected chi connectivity index (χ3v) is 10.2. The molecular weight excluding hydrogens is 697 g/mol. The summed E-state index contributed by atoms with van der Waals surface area (Å²) in [6.45, 7) is 2.77. The number of H-pyrrole nitrogens is 1. The van der Waals surface area contributed by atoms with Crippen LogP contribution in [0.15, 0.2) is 73.1 Å². The molecule has 268 valence electrons. The van der Waals surface area contributed by atoms with Crippen molar-refractivity contribution in [2.75, 3.05) is 45.9 Å². The molecule has 1 amide bonds. The number of hydrogen-bond donors (Lipinski definition) is 1. The minimum absolute atomic E-state index is 0.0618. The molecule has 0 spiro atoms. The number of aromatic hydroxyl groups is 1. The van der Waals surface area contributed by atoms with Gasteiger partial charge in [0.15, 0.2) is 23.9 Å². The highest BCUT2D eigenvalue weighted by Gasteiger charge is 2.38. The van der Waals surface area contributed by atoms with Crippen LogP contribution in [0, 0.1) is 5.92 Å². The number of methoxy groups -OCH3 is 3. The maximum atomic E-state index is 13.8. The molecule has 13 heteroatoms. The fourth-order valence-electron chi connectivity index (χ4n) is 6.60. The number of anilines is 1. The van der Waals surface area contributed by atoms with Gasteiger partial charge < -0.3 is 28.8 Å². The topological polar surface area (TPSA) is 121 Å². The monoisotopic (exact) mass is 736 g/mol. The highest BCUT2D eigenvalue weighted by molar-refractivity contribution is 6.35. The fourth-order valence-corrected chi connectivity index (χ4v) is 7.13. The Labute approximate surface area is 306 Å². The molecule has 3 saturated heterocycles. The van der Waals surface area contributed by atoms with Gasteiger partial charge in [-0.05, 0) is 79.4 Å². The Hall–Kier alpha value is -4.71. The average molecular weight is 738 g/mol. The van der Waals surface area contributed by atoms with E-state index in [1.54, 1.807) is 74.1 Å². The highest BCUT2D eigenvalue weighted by atomic mass is 35.5. The number of carbonyl (C=O) groups is 2. The van der Waals surface area contributed by atoms with Crippen molar-refractivity contribution in [2.45, 2.75) is 38.0 Å². The number of amides is 1. The Morgan fingerprint density at radius 3 is 2.25 bits per heavy atom. The van der Waals surface area contributed by atoms with E-state index in [0.717, 1.165) is 25.9 Å². The number of phenolic OH excluding ortho intramolecular Hbond substituents is 1. The summed E-state index contributed by atoms with van der Waals surface area (Å²) in [7, 11) is 4.58. The van der Waals surface area contributed by atoms with Crippen molar-refractivity contribution < 1.29 is 43.4 Å². The number of hydrogen-bond acceptors (Lipinski definition) is 9. The SMILES string of the molecule is COc1ccc(O)c(N(Cc2ccc(C(=O)O[C@@H](Cc3c(Cl)c[nH+]cc3Cl)c3ccc(OC)c(OC)c3)cc2)C(=O)O[C@H]2CN3CCC2CC3)c1. The number of benzene rings is 3. The first-order valence-electron chi connectivity index (χ1n) is 16.6. The van der Waals surface area contributed by atoms with E-state index in [-0.39, 0.29) is 36.1 Å². The zero-order valence-electron chi connectivity index (χ0n) is 28.6. The van der Waals surface area contributed by atoms with Crippen molar-refractivity contribution in [3.8, 4) is 23.0 Å². The van der Waals surface area contributed by atoms with Crippen molar-refractivity contribution in [3.63, 3.8) is 0 Å². The van der Waals surface area contributed by atoms with E-state index in [9.17, 15) is 14.7 Å². The molecule has 3 aromatic carbocycles. The highest BCUT2D eigenvalue weighted by Crippen LogP contribution is 2.37. The molecule has 0 saturated carbocycles. The first-order chi connectivity index (χ1) is 24.7. The molecule has 11 nitrogen and oxygen atoms in total. The molecule has 3 fully saturated rings. The number of esters is 1. The van der Waals surface area contributed by atoms with Crippen LogP contribution in [0.1, 0.15) is 46.0 Å². The number of aromatic amines is 1. The summed E-state index contributed by atoms with van der Waals surface area (Å²) in [6, 6.07) is 16.7. The van der Waals surface area contributed by atoms with Crippen molar-refractivity contribution in [2.24, 2.45) is 5.92 Å². The van der Waals surface area contributed by atoms with E-state index in [2.05, 4.69) is 9.88 Å². The number of fused-ring (bicyclic) bond motifs is 3. The molecule has 51 heavy (non-hydrogen) atoms. The summed E-state index contributed by atoms with van der Waals surface area (Å²) < 4.78 is 28.4. The van der Waals surface area contributed by atoms with Gasteiger partial charge in [-0.15, -0.1) is 0 Å². The minimum atomic E-state index is -0.790. The Bertz CT molecular complexity index is 1850. The van der Waals surface area contributed by atoms with Gasteiger partial charge in [0.25, 0.3) is 0 Å². The number of pyridine rings is 1. The van der Waals surface area contributed by atoms with Crippen molar-refractivity contribution in [3.05, 3.63) is 105 Å². The Balaban J connectivity index is 1.23. The van der Waals surface area contributed by atoms with Crippen LogP contribution in [0.5, 0.6) is 23.0 Å². The van der Waals surface area contributed by atoms with Crippen LogP contribution in [0.4, 0.5) is 10.5 Å². The number of halogens is 2. The summed E-state index contributed by atoms with van der Waals surface area (Å²) in [4.78, 5) is 34.0. The van der Waals surface area contributed by atoms with Crippen molar-refractivity contribution in [1.29, 1.82) is 0 Å². The predicted molar refractivity (Wildman–Crippen MR) is 191 cm³/mol. The van der Waals surface area contributed by atoms with Crippen LogP contribution in [-0.2, 0) is 22.4 Å². The maximum absolute atomic E-state index is 13.8. The van der Waals surface area contributed by atoms with Crippen molar-refractivity contribution in [1.82, 2.24) is 4.90 Å². The standard InChI is InChI=1S/C38H39Cl2N3O8/c1-47-27-9-10-32(44)31(17-27)43(38(46)51-36-22-42-14-12-24(36)13-15-42)21-23-4-6-25(7-5-23)37(45)50-34(18-28-29(39)19-41-20-30(28)40)26-8-11-33(48-2)35(16-26)49-3/h4-11,16-17,19-20,24,34,36,44H,12-15,18,21-22H2,1-3H3/p+1/t34-,36-/m0/s1. The number of nitrogens with one attached hydrogen (secondary N) is 1. The van der Waals surface area contributed by atoms with Gasteiger partial charge in [-0.25, -0.2) is 14.6 Å². The van der Waals surface area contributed by atoms with Gasteiger partial charge in [0, 0.05) is 24.6 Å². The summed E-state index contributed by atoms with van der Waals surface area (Å²) in [5.74, 6) is 1.09. The van der Waals surface area contributed by atoms with E-state index < -0.39 is 18.2 Å². The normalized spacial score (nSPS) is 18.4. The Morgan fingerprint density at radius 1 is 0.922 bits per heavy atom. The summed E-state index contributed by atoms with van der Waals surface area (Å²) in [6.07, 6.45) is 3.77. The molecular formula is C38H40Cl2N3O8+. The van der Waals surface area contributed by atoms with Gasteiger partial charge in [0.05, 0.1) is 39.1 Å². The zero-order valence-corrected chi connectivity index (χ0v) is 30.1. The van der Waals surface area contributed by atoms with Crippen LogP contribution in [0.3, 0.4) is 0 Å². The largest absolute Gasteiger partial charge is 0.506 e. The molecule has 0 radical (unpaired) electrons. The molecule has 0 aliphatic carbocycles. The number of aromatic nitrogens is 1. The summed E-state index contributed by atoms with van der Waals surface area (Å²) in [5, 5.41) is 11.6. The predicted octanol–water partition coefficient (Wildman–Crippen LogP) is 6.92. The Morgan fingerprint density at radius 2 is 1.63 bits per heavy atom. The van der Waals surface area contributed by atoms with Gasteiger partial charge in [-0.1, -0.05) is 41.4 Å². The third kappa shape index (κ3) is 8.27. The van der Waals surface area contributed by atoms with E-state index >= 15 is 0 Å². The fraction of sp³-hybridized carbons (Fsp3) is 0.342. The minimum Gasteiger partial charge on any atom is -0.506 e. The molecule has 2 atom stereocenters. The number of ether oxygens (including phenoxy) is 5. The number of rotatable bonds is 12. The lowest BCUT2D eigenvalue weighted by molar-refractivity contribution is -0.377. The number of nitrogens with zero attached hydrogens (tertiary/aromatic N) is 2. The van der Waals surface area contributed by atoms with Gasteiger partial charge in [0.2, 0.25) is 0 Å². The van der Waals surface area contributed by atoms with Crippen LogP contribution in [0.2, 0.25) is 10.0 Å². The molecule has 1 aromatic heterocycles. The van der Waals surface area contributed by atoms with Crippen LogP contribution in [-0.4, -0.2) is 69.1 Å². The molecule has 3 aliphatic heterocycles. The Kier molecular flexibility index (Phi) is 11.4. The molecule has 2 N–H and O–H groups in total. The van der Waals surface area contributed by atoms with Crippen LogP contribution >= 0.6 is 23.2 Å². The second kappa shape index (κ2) is 16.1. The molecule has 7 rings (SSSR count). The first kappa shape index (κ1) is 36.1. The van der Waals surface area contributed by atoms with Gasteiger partial charge in [-0.2, -0.15) is 0 Å². The van der Waals surface area contributed by atoms with Gasteiger partial charge >= 0.3 is 12.1 Å². The van der Waals surface area contributed by atoms with Crippen molar-refractivity contribution >= 4 is 41.0 Å². The summed E-state index contributed by atoms with van der Waals surface area (Å²) in [5.41, 5.74) is 2.47. The second-order valence-corrected chi connectivity index (χ2v) is 13.4. The second-order valence-electron chi connectivity index (χ2n) is 12.5. The average Bonchev–Trinajstić information content (AvgIpc) is 3.15. The van der Waals surface area contributed by atoms with E-state index in [1.807, 2.05) is 0 Å². The molecule has 3 aliphatic rings. The maximum Gasteiger partial charge on any atom is 0.415 e. The molecule has 0 unspecified atom stereocenters.